The lowest BCUT2D eigenvalue weighted by Crippen LogP contribution is -2.44. The predicted molar refractivity (Wildman–Crippen MR) is 103 cm³/mol. The van der Waals surface area contributed by atoms with E-state index in [0.717, 1.165) is 19.3 Å². The molecule has 3 nitrogen and oxygen atoms in total. The molecule has 0 unspecified atom stereocenters. The number of ether oxygens (including phenoxy) is 1. The third-order valence-corrected chi connectivity index (χ3v) is 9.38. The summed E-state index contributed by atoms with van der Waals surface area (Å²) in [6.45, 7) is 13.6. The van der Waals surface area contributed by atoms with Crippen molar-refractivity contribution in [1.82, 2.24) is 0 Å². The first kappa shape index (κ1) is 20.9. The second kappa shape index (κ2) is 9.38. The lowest BCUT2D eigenvalue weighted by molar-refractivity contribution is -0.143. The van der Waals surface area contributed by atoms with E-state index in [9.17, 15) is 4.79 Å². The van der Waals surface area contributed by atoms with E-state index in [-0.39, 0.29) is 17.1 Å². The van der Waals surface area contributed by atoms with Crippen molar-refractivity contribution in [3.63, 3.8) is 0 Å². The summed E-state index contributed by atoms with van der Waals surface area (Å²) >= 11 is 0. The Balaban J connectivity index is 2.69. The molecule has 0 heterocycles. The molecule has 0 aliphatic carbocycles. The van der Waals surface area contributed by atoms with Crippen LogP contribution in [-0.2, 0) is 20.4 Å². The van der Waals surface area contributed by atoms with Gasteiger partial charge in [0.05, 0.1) is 6.61 Å². The minimum Gasteiger partial charge on any atom is -0.466 e. The molecule has 0 aromatic heterocycles. The molecular formula is C20H34O3Si. The predicted octanol–water partition coefficient (Wildman–Crippen LogP) is 5.35. The second-order valence-electron chi connectivity index (χ2n) is 7.87. The molecule has 1 aromatic rings. The fraction of sp³-hybridized carbons (Fsp3) is 0.650. The van der Waals surface area contributed by atoms with E-state index >= 15 is 0 Å². The van der Waals surface area contributed by atoms with Crippen molar-refractivity contribution in [2.75, 3.05) is 6.61 Å². The van der Waals surface area contributed by atoms with Crippen molar-refractivity contribution in [2.45, 2.75) is 77.6 Å². The van der Waals surface area contributed by atoms with Crippen LogP contribution >= 0.6 is 0 Å². The van der Waals surface area contributed by atoms with Crippen molar-refractivity contribution >= 4 is 14.3 Å². The highest BCUT2D eigenvalue weighted by Crippen LogP contribution is 2.38. The molecule has 1 atom stereocenters. The summed E-state index contributed by atoms with van der Waals surface area (Å²) in [5, 5.41) is 0.169. The van der Waals surface area contributed by atoms with Crippen molar-refractivity contribution in [3.05, 3.63) is 35.9 Å². The Morgan fingerprint density at radius 3 is 2.29 bits per heavy atom. The number of benzene rings is 1. The average molecular weight is 351 g/mol. The number of rotatable bonds is 9. The third kappa shape index (κ3) is 7.18. The molecule has 0 amide bonds. The zero-order valence-corrected chi connectivity index (χ0v) is 17.2. The first-order chi connectivity index (χ1) is 11.2. The van der Waals surface area contributed by atoms with Crippen molar-refractivity contribution < 1.29 is 14.0 Å². The zero-order chi connectivity index (χ0) is 18.2. The van der Waals surface area contributed by atoms with E-state index in [4.69, 9.17) is 9.16 Å². The van der Waals surface area contributed by atoms with E-state index in [0.29, 0.717) is 13.0 Å². The topological polar surface area (TPSA) is 35.5 Å². The number of carbonyl (C=O) groups excluding carboxylic acids is 1. The number of hydrogen-bond donors (Lipinski definition) is 0. The largest absolute Gasteiger partial charge is 0.466 e. The monoisotopic (exact) mass is 350 g/mol. The van der Waals surface area contributed by atoms with E-state index < -0.39 is 8.32 Å². The Kier molecular flexibility index (Phi) is 8.17. The molecule has 0 radical (unpaired) electrons. The molecule has 0 aliphatic heterocycles. The van der Waals surface area contributed by atoms with Crippen LogP contribution < -0.4 is 0 Å². The Hall–Kier alpha value is -1.13. The van der Waals surface area contributed by atoms with Gasteiger partial charge in [-0.25, -0.2) is 0 Å². The van der Waals surface area contributed by atoms with E-state index in [1.54, 1.807) is 0 Å². The SMILES string of the molecule is CCOC(=O)CC[C@H](CCc1ccccc1)O[Si](C)(C)C(C)(C)C. The van der Waals surface area contributed by atoms with Crippen molar-refractivity contribution in [2.24, 2.45) is 0 Å². The van der Waals surface area contributed by atoms with Crippen LogP contribution in [-0.4, -0.2) is 27.0 Å². The first-order valence-electron chi connectivity index (χ1n) is 9.03. The maximum atomic E-state index is 11.7. The van der Waals surface area contributed by atoms with E-state index in [2.05, 4.69) is 58.1 Å². The highest BCUT2D eigenvalue weighted by atomic mass is 28.4. The van der Waals surface area contributed by atoms with Gasteiger partial charge in [-0.3, -0.25) is 4.79 Å². The molecule has 0 N–H and O–H groups in total. The molecule has 0 spiro atoms. The van der Waals surface area contributed by atoms with Crippen LogP contribution in [0.5, 0.6) is 0 Å². The van der Waals surface area contributed by atoms with Crippen molar-refractivity contribution in [1.29, 1.82) is 0 Å². The highest BCUT2D eigenvalue weighted by molar-refractivity contribution is 6.74. The molecule has 0 saturated carbocycles. The lowest BCUT2D eigenvalue weighted by atomic mass is 10.0. The summed E-state index contributed by atoms with van der Waals surface area (Å²) in [5.74, 6) is -0.124. The number of carbonyl (C=O) groups is 1. The van der Waals surface area contributed by atoms with Crippen LogP contribution in [0.2, 0.25) is 18.1 Å². The summed E-state index contributed by atoms with van der Waals surface area (Å²) in [5.41, 5.74) is 1.32. The average Bonchev–Trinajstić information content (AvgIpc) is 2.50. The van der Waals surface area contributed by atoms with Crippen LogP contribution in [0, 0.1) is 0 Å². The van der Waals surface area contributed by atoms with Crippen molar-refractivity contribution in [3.8, 4) is 0 Å². The molecule has 0 aliphatic rings. The van der Waals surface area contributed by atoms with Gasteiger partial charge in [0.1, 0.15) is 0 Å². The quantitative estimate of drug-likeness (QED) is 0.445. The smallest absolute Gasteiger partial charge is 0.305 e. The van der Waals surface area contributed by atoms with Crippen LogP contribution in [0.25, 0.3) is 0 Å². The zero-order valence-electron chi connectivity index (χ0n) is 16.2. The summed E-state index contributed by atoms with van der Waals surface area (Å²) < 4.78 is 11.7. The van der Waals surface area contributed by atoms with Crippen LogP contribution in [0.3, 0.4) is 0 Å². The van der Waals surface area contributed by atoms with Gasteiger partial charge in [0.15, 0.2) is 8.32 Å². The van der Waals surface area contributed by atoms with Gasteiger partial charge in [0.25, 0.3) is 0 Å². The molecule has 1 aromatic carbocycles. The Labute approximate surface area is 148 Å². The van der Waals surface area contributed by atoms with Crippen LogP contribution in [0.15, 0.2) is 30.3 Å². The maximum absolute atomic E-state index is 11.7. The Bertz CT molecular complexity index is 491. The molecule has 0 bridgehead atoms. The molecule has 0 saturated heterocycles. The van der Waals surface area contributed by atoms with Gasteiger partial charge < -0.3 is 9.16 Å². The number of aryl methyl sites for hydroxylation is 1. The second-order valence-corrected chi connectivity index (χ2v) is 12.6. The van der Waals surface area contributed by atoms with Crippen LogP contribution in [0.1, 0.15) is 52.5 Å². The summed E-state index contributed by atoms with van der Waals surface area (Å²) in [4.78, 5) is 11.7. The first-order valence-corrected chi connectivity index (χ1v) is 11.9. The molecule has 136 valence electrons. The molecule has 4 heteroatoms. The normalized spacial score (nSPS) is 13.6. The Morgan fingerprint density at radius 2 is 1.75 bits per heavy atom. The van der Waals surface area contributed by atoms with Gasteiger partial charge in [-0.2, -0.15) is 0 Å². The standard InChI is InChI=1S/C20H34O3Si/c1-7-22-19(21)16-15-18(23-24(5,6)20(2,3)4)14-13-17-11-9-8-10-12-17/h8-12,18H,7,13-16H2,1-6H3/t18-/m0/s1. The fourth-order valence-corrected chi connectivity index (χ4v) is 3.76. The number of hydrogen-bond acceptors (Lipinski definition) is 3. The van der Waals surface area contributed by atoms with E-state index in [1.807, 2.05) is 13.0 Å². The van der Waals surface area contributed by atoms with Gasteiger partial charge in [-0.15, -0.1) is 0 Å². The van der Waals surface area contributed by atoms with Gasteiger partial charge in [-0.05, 0) is 49.9 Å². The Morgan fingerprint density at radius 1 is 1.12 bits per heavy atom. The lowest BCUT2D eigenvalue weighted by Gasteiger charge is -2.39. The molecule has 0 fully saturated rings. The van der Waals surface area contributed by atoms with E-state index in [1.165, 1.54) is 5.56 Å². The van der Waals surface area contributed by atoms with Gasteiger partial charge in [0.2, 0.25) is 0 Å². The summed E-state index contributed by atoms with van der Waals surface area (Å²) in [6, 6.07) is 10.5. The molecule has 1 rings (SSSR count). The minimum absolute atomic E-state index is 0.107. The van der Waals surface area contributed by atoms with Gasteiger partial charge in [-0.1, -0.05) is 51.1 Å². The molecular weight excluding hydrogens is 316 g/mol. The van der Waals surface area contributed by atoms with Gasteiger partial charge >= 0.3 is 5.97 Å². The highest BCUT2D eigenvalue weighted by Gasteiger charge is 2.39. The van der Waals surface area contributed by atoms with Crippen LogP contribution in [0.4, 0.5) is 0 Å². The fourth-order valence-electron chi connectivity index (χ4n) is 2.34. The molecule has 24 heavy (non-hydrogen) atoms. The third-order valence-electron chi connectivity index (χ3n) is 4.84. The minimum atomic E-state index is -1.85. The summed E-state index contributed by atoms with van der Waals surface area (Å²) in [6.07, 6.45) is 3.19. The maximum Gasteiger partial charge on any atom is 0.305 e. The summed E-state index contributed by atoms with van der Waals surface area (Å²) in [7, 11) is -1.85. The number of esters is 1. The van der Waals surface area contributed by atoms with Gasteiger partial charge in [0, 0.05) is 12.5 Å².